The van der Waals surface area contributed by atoms with Gasteiger partial charge in [0.15, 0.2) is 5.82 Å². The Balaban J connectivity index is 2.16. The topological polar surface area (TPSA) is 75.5 Å². The molecule has 1 aliphatic heterocycles. The summed E-state index contributed by atoms with van der Waals surface area (Å²) in [5.74, 6) is 0.233. The number of hydrogen-bond donors (Lipinski definition) is 1. The number of carbonyl (C=O) groups is 1. The molecule has 1 fully saturated rings. The molecule has 1 aromatic rings. The Kier molecular flexibility index (Phi) is 4.54. The lowest BCUT2D eigenvalue weighted by Crippen LogP contribution is -2.45. The molecule has 1 saturated heterocycles. The van der Waals surface area contributed by atoms with Crippen LogP contribution < -0.4 is 9.64 Å². The highest BCUT2D eigenvalue weighted by atomic mass is 16.5. The van der Waals surface area contributed by atoms with Crippen LogP contribution in [0.1, 0.15) is 32.6 Å². The molecule has 1 N–H and O–H groups in total. The van der Waals surface area contributed by atoms with E-state index in [0.717, 1.165) is 19.3 Å². The highest BCUT2D eigenvalue weighted by Gasteiger charge is 2.29. The van der Waals surface area contributed by atoms with Crippen LogP contribution in [-0.4, -0.2) is 40.2 Å². The molecule has 19 heavy (non-hydrogen) atoms. The van der Waals surface area contributed by atoms with Gasteiger partial charge in [-0.1, -0.05) is 6.92 Å². The second kappa shape index (κ2) is 6.36. The molecule has 104 valence electrons. The third-order valence-electron chi connectivity index (χ3n) is 3.14. The molecule has 0 aliphatic carbocycles. The van der Waals surface area contributed by atoms with Crippen LogP contribution in [-0.2, 0) is 4.79 Å². The summed E-state index contributed by atoms with van der Waals surface area (Å²) in [6, 6.07) is -0.510. The molecule has 1 aromatic heterocycles. The number of ether oxygens (including phenoxy) is 1. The molecular weight excluding hydrogens is 246 g/mol. The Morgan fingerprint density at radius 3 is 3.11 bits per heavy atom. The van der Waals surface area contributed by atoms with E-state index in [1.165, 1.54) is 0 Å². The maximum atomic E-state index is 11.3. The predicted molar refractivity (Wildman–Crippen MR) is 70.4 cm³/mol. The summed E-state index contributed by atoms with van der Waals surface area (Å²) in [4.78, 5) is 21.5. The minimum Gasteiger partial charge on any atom is -0.480 e. The highest BCUT2D eigenvalue weighted by Crippen LogP contribution is 2.24. The van der Waals surface area contributed by atoms with Gasteiger partial charge in [-0.2, -0.15) is 4.98 Å². The van der Waals surface area contributed by atoms with Crippen molar-refractivity contribution in [1.82, 2.24) is 9.97 Å². The molecular formula is C13H19N3O3. The Hall–Kier alpha value is -1.85. The van der Waals surface area contributed by atoms with Crippen molar-refractivity contribution in [2.45, 2.75) is 38.6 Å². The Labute approximate surface area is 112 Å². The van der Waals surface area contributed by atoms with Gasteiger partial charge < -0.3 is 14.7 Å². The van der Waals surface area contributed by atoms with Crippen molar-refractivity contribution in [3.8, 4) is 5.88 Å². The average molecular weight is 265 g/mol. The Bertz CT molecular complexity index is 439. The molecule has 2 rings (SSSR count). The first kappa shape index (κ1) is 13.6. The van der Waals surface area contributed by atoms with Crippen molar-refractivity contribution in [1.29, 1.82) is 0 Å². The fraction of sp³-hybridized carbons (Fsp3) is 0.615. The van der Waals surface area contributed by atoms with E-state index in [1.807, 2.05) is 6.92 Å². The van der Waals surface area contributed by atoms with Crippen LogP contribution in [0.15, 0.2) is 12.4 Å². The minimum atomic E-state index is -0.804. The smallest absolute Gasteiger partial charge is 0.326 e. The van der Waals surface area contributed by atoms with Crippen LogP contribution in [0.2, 0.25) is 0 Å². The van der Waals surface area contributed by atoms with Crippen molar-refractivity contribution in [2.75, 3.05) is 18.1 Å². The zero-order valence-corrected chi connectivity index (χ0v) is 11.1. The maximum Gasteiger partial charge on any atom is 0.326 e. The van der Waals surface area contributed by atoms with Crippen molar-refractivity contribution in [3.05, 3.63) is 12.4 Å². The Morgan fingerprint density at radius 2 is 2.37 bits per heavy atom. The first-order valence-corrected chi connectivity index (χ1v) is 6.66. The van der Waals surface area contributed by atoms with Gasteiger partial charge in [0.25, 0.3) is 0 Å². The van der Waals surface area contributed by atoms with E-state index in [0.29, 0.717) is 31.3 Å². The normalized spacial score (nSPS) is 19.2. The SMILES string of the molecule is CCCOc1cncc(N2CCCCC2C(=O)O)n1. The minimum absolute atomic E-state index is 0.453. The molecule has 1 aliphatic rings. The number of aromatic nitrogens is 2. The average Bonchev–Trinajstić information content (AvgIpc) is 2.45. The lowest BCUT2D eigenvalue weighted by Gasteiger charge is -2.33. The predicted octanol–water partition coefficient (Wildman–Crippen LogP) is 1.71. The van der Waals surface area contributed by atoms with Crippen molar-refractivity contribution in [3.63, 3.8) is 0 Å². The van der Waals surface area contributed by atoms with Crippen LogP contribution >= 0.6 is 0 Å². The van der Waals surface area contributed by atoms with Gasteiger partial charge in [-0.25, -0.2) is 4.79 Å². The monoisotopic (exact) mass is 265 g/mol. The van der Waals surface area contributed by atoms with Crippen molar-refractivity contribution in [2.24, 2.45) is 0 Å². The molecule has 1 unspecified atom stereocenters. The first-order valence-electron chi connectivity index (χ1n) is 6.66. The van der Waals surface area contributed by atoms with Gasteiger partial charge in [-0.3, -0.25) is 4.98 Å². The molecule has 0 bridgehead atoms. The molecule has 0 radical (unpaired) electrons. The van der Waals surface area contributed by atoms with Gasteiger partial charge >= 0.3 is 5.97 Å². The zero-order chi connectivity index (χ0) is 13.7. The number of piperidine rings is 1. The van der Waals surface area contributed by atoms with Crippen LogP contribution in [0.3, 0.4) is 0 Å². The number of hydrogen-bond acceptors (Lipinski definition) is 5. The van der Waals surface area contributed by atoms with Gasteiger partial charge in [0.1, 0.15) is 6.04 Å². The molecule has 6 nitrogen and oxygen atoms in total. The quantitative estimate of drug-likeness (QED) is 0.873. The fourth-order valence-electron chi connectivity index (χ4n) is 2.22. The van der Waals surface area contributed by atoms with Gasteiger partial charge in [-0.05, 0) is 25.7 Å². The number of anilines is 1. The van der Waals surface area contributed by atoms with E-state index in [-0.39, 0.29) is 0 Å². The largest absolute Gasteiger partial charge is 0.480 e. The number of carboxylic acids is 1. The lowest BCUT2D eigenvalue weighted by atomic mass is 10.0. The number of nitrogens with zero attached hydrogens (tertiary/aromatic N) is 3. The summed E-state index contributed by atoms with van der Waals surface area (Å²) in [6.07, 6.45) is 6.61. The number of carboxylic acid groups (broad SMARTS) is 1. The summed E-state index contributed by atoms with van der Waals surface area (Å²) in [5, 5.41) is 9.26. The summed E-state index contributed by atoms with van der Waals surface area (Å²) in [6.45, 7) is 3.30. The van der Waals surface area contributed by atoms with E-state index >= 15 is 0 Å². The van der Waals surface area contributed by atoms with Crippen LogP contribution in [0.4, 0.5) is 5.82 Å². The molecule has 2 heterocycles. The van der Waals surface area contributed by atoms with E-state index in [1.54, 1.807) is 17.3 Å². The zero-order valence-electron chi connectivity index (χ0n) is 11.1. The second-order valence-corrected chi connectivity index (χ2v) is 4.61. The highest BCUT2D eigenvalue weighted by molar-refractivity contribution is 5.77. The fourth-order valence-corrected chi connectivity index (χ4v) is 2.22. The summed E-state index contributed by atoms with van der Waals surface area (Å²) < 4.78 is 5.43. The van der Waals surface area contributed by atoms with Gasteiger partial charge in [0.2, 0.25) is 5.88 Å². The molecule has 0 aromatic carbocycles. The van der Waals surface area contributed by atoms with Gasteiger partial charge in [-0.15, -0.1) is 0 Å². The summed E-state index contributed by atoms with van der Waals surface area (Å²) in [7, 11) is 0. The summed E-state index contributed by atoms with van der Waals surface area (Å²) >= 11 is 0. The third kappa shape index (κ3) is 3.33. The molecule has 1 atom stereocenters. The van der Waals surface area contributed by atoms with Gasteiger partial charge in [0, 0.05) is 6.54 Å². The second-order valence-electron chi connectivity index (χ2n) is 4.61. The van der Waals surface area contributed by atoms with Crippen LogP contribution in [0.5, 0.6) is 5.88 Å². The first-order chi connectivity index (χ1) is 9.22. The lowest BCUT2D eigenvalue weighted by molar-refractivity contribution is -0.139. The van der Waals surface area contributed by atoms with E-state index in [9.17, 15) is 9.90 Å². The van der Waals surface area contributed by atoms with Gasteiger partial charge in [0.05, 0.1) is 19.0 Å². The molecule has 0 spiro atoms. The molecule has 6 heteroatoms. The third-order valence-corrected chi connectivity index (χ3v) is 3.14. The van der Waals surface area contributed by atoms with Crippen molar-refractivity contribution < 1.29 is 14.6 Å². The van der Waals surface area contributed by atoms with Crippen LogP contribution in [0.25, 0.3) is 0 Å². The van der Waals surface area contributed by atoms with Crippen molar-refractivity contribution >= 4 is 11.8 Å². The maximum absolute atomic E-state index is 11.3. The van der Waals surface area contributed by atoms with E-state index < -0.39 is 12.0 Å². The standard InChI is InChI=1S/C13H19N3O3/c1-2-7-19-12-9-14-8-11(15-12)16-6-4-3-5-10(16)13(17)18/h8-10H,2-7H2,1H3,(H,17,18). The molecule has 0 amide bonds. The Morgan fingerprint density at radius 1 is 1.53 bits per heavy atom. The van der Waals surface area contributed by atoms with Crippen LogP contribution in [0, 0.1) is 0 Å². The number of aliphatic carboxylic acids is 1. The number of rotatable bonds is 5. The van der Waals surface area contributed by atoms with E-state index in [4.69, 9.17) is 4.74 Å². The van der Waals surface area contributed by atoms with E-state index in [2.05, 4.69) is 9.97 Å². The summed E-state index contributed by atoms with van der Waals surface area (Å²) in [5.41, 5.74) is 0. The molecule has 0 saturated carbocycles.